The molecule has 33 heavy (non-hydrogen) atoms. The number of aliphatic hydroxyl groups excluding tert-OH is 1. The van der Waals surface area contributed by atoms with Gasteiger partial charge >= 0.3 is 0 Å². The molecule has 3 atom stereocenters. The number of oxazole rings is 1. The molecule has 1 unspecified atom stereocenters. The van der Waals surface area contributed by atoms with E-state index in [2.05, 4.69) is 10.3 Å². The molecule has 2 amide bonds. The van der Waals surface area contributed by atoms with Gasteiger partial charge in [0.2, 0.25) is 5.91 Å². The number of rotatable bonds is 6. The Labute approximate surface area is 199 Å². The number of carbonyl (C=O) groups is 2. The van der Waals surface area contributed by atoms with Gasteiger partial charge in [0.05, 0.1) is 12.7 Å². The quantitative estimate of drug-likeness (QED) is 0.544. The first-order chi connectivity index (χ1) is 15.8. The summed E-state index contributed by atoms with van der Waals surface area (Å²) in [5, 5.41) is 14.1. The lowest BCUT2D eigenvalue weighted by Gasteiger charge is -2.26. The molecule has 0 spiro atoms. The summed E-state index contributed by atoms with van der Waals surface area (Å²) in [5.41, 5.74) is 1.63. The molecule has 1 saturated heterocycles. The zero-order chi connectivity index (χ0) is 23.5. The second kappa shape index (κ2) is 9.91. The molecule has 0 radical (unpaired) electrons. The van der Waals surface area contributed by atoms with E-state index in [0.717, 1.165) is 4.90 Å². The first-order valence-electron chi connectivity index (χ1n) is 10.2. The van der Waals surface area contributed by atoms with Crippen molar-refractivity contribution < 1.29 is 23.5 Å². The van der Waals surface area contributed by atoms with Crippen molar-refractivity contribution in [2.45, 2.75) is 31.3 Å². The standard InChI is InChI=1S/C23H20Cl2FN3O4/c24-15-3-1-2-13(6-15)21(30)23(32)29-11-17(26)8-19(29)22(31)28-9-14-7-16(25)4-5-18(14)20-10-27-12-33-20/h1-7,10,12,17,19,21,30H,8-9,11H2,(H,28,31)/t17-,19?,21-/m1/s1. The molecule has 0 aliphatic carbocycles. The van der Waals surface area contributed by atoms with Crippen molar-refractivity contribution in [2.75, 3.05) is 6.54 Å². The second-order valence-electron chi connectivity index (χ2n) is 7.68. The number of aliphatic hydroxyl groups is 1. The van der Waals surface area contributed by atoms with Gasteiger partial charge in [0, 0.05) is 28.6 Å². The molecule has 4 rings (SSSR count). The maximum Gasteiger partial charge on any atom is 0.256 e. The monoisotopic (exact) mass is 491 g/mol. The third-order valence-electron chi connectivity index (χ3n) is 5.45. The van der Waals surface area contributed by atoms with E-state index in [4.69, 9.17) is 27.6 Å². The summed E-state index contributed by atoms with van der Waals surface area (Å²) in [5.74, 6) is -0.796. The highest BCUT2D eigenvalue weighted by molar-refractivity contribution is 6.31. The maximum absolute atomic E-state index is 14.2. The smallest absolute Gasteiger partial charge is 0.256 e. The van der Waals surface area contributed by atoms with Crippen molar-refractivity contribution in [3.8, 4) is 11.3 Å². The van der Waals surface area contributed by atoms with Crippen molar-refractivity contribution >= 4 is 35.0 Å². The number of aromatic nitrogens is 1. The number of hydrogen-bond donors (Lipinski definition) is 2. The Morgan fingerprint density at radius 3 is 2.76 bits per heavy atom. The Morgan fingerprint density at radius 2 is 2.03 bits per heavy atom. The third-order valence-corrected chi connectivity index (χ3v) is 5.92. The molecule has 2 heterocycles. The number of nitrogens with zero attached hydrogens (tertiary/aromatic N) is 2. The lowest BCUT2D eigenvalue weighted by molar-refractivity contribution is -0.145. The largest absolute Gasteiger partial charge is 0.444 e. The second-order valence-corrected chi connectivity index (χ2v) is 8.55. The first kappa shape index (κ1) is 23.2. The average Bonchev–Trinajstić information content (AvgIpc) is 3.46. The molecule has 2 aromatic carbocycles. The predicted octanol–water partition coefficient (Wildman–Crippen LogP) is 3.94. The number of carbonyl (C=O) groups excluding carboxylic acids is 2. The summed E-state index contributed by atoms with van der Waals surface area (Å²) in [6.45, 7) is -0.212. The fourth-order valence-electron chi connectivity index (χ4n) is 3.85. The van der Waals surface area contributed by atoms with Gasteiger partial charge in [0.25, 0.3) is 5.91 Å². The molecule has 1 fully saturated rings. The van der Waals surface area contributed by atoms with E-state index < -0.39 is 30.1 Å². The number of amides is 2. The van der Waals surface area contributed by atoms with Gasteiger partial charge in [0.15, 0.2) is 18.3 Å². The van der Waals surface area contributed by atoms with Crippen LogP contribution in [0.1, 0.15) is 23.7 Å². The van der Waals surface area contributed by atoms with Gasteiger partial charge in [-0.25, -0.2) is 9.37 Å². The molecular weight excluding hydrogens is 472 g/mol. The van der Waals surface area contributed by atoms with Crippen molar-refractivity contribution in [3.63, 3.8) is 0 Å². The molecule has 7 nitrogen and oxygen atoms in total. The SMILES string of the molecule is O=C(NCc1cc(Cl)ccc1-c1cnco1)C1C[C@@H](F)CN1C(=O)[C@H](O)c1cccc(Cl)c1. The predicted molar refractivity (Wildman–Crippen MR) is 120 cm³/mol. The van der Waals surface area contributed by atoms with E-state index >= 15 is 0 Å². The minimum absolute atomic E-state index is 0.0712. The lowest BCUT2D eigenvalue weighted by atomic mass is 10.1. The van der Waals surface area contributed by atoms with Crippen LogP contribution < -0.4 is 5.32 Å². The van der Waals surface area contributed by atoms with Crippen LogP contribution in [0.15, 0.2) is 59.5 Å². The van der Waals surface area contributed by atoms with Crippen molar-refractivity contribution in [3.05, 3.63) is 76.2 Å². The van der Waals surface area contributed by atoms with Gasteiger partial charge in [-0.2, -0.15) is 0 Å². The normalized spacial score (nSPS) is 18.8. The van der Waals surface area contributed by atoms with Gasteiger partial charge in [-0.1, -0.05) is 35.3 Å². The molecule has 10 heteroatoms. The summed E-state index contributed by atoms with van der Waals surface area (Å²) < 4.78 is 19.6. The average molecular weight is 492 g/mol. The topological polar surface area (TPSA) is 95.7 Å². The van der Waals surface area contributed by atoms with Crippen LogP contribution in [0, 0.1) is 0 Å². The highest BCUT2D eigenvalue weighted by atomic mass is 35.5. The van der Waals surface area contributed by atoms with Gasteiger partial charge < -0.3 is 19.7 Å². The lowest BCUT2D eigenvalue weighted by Crippen LogP contribution is -2.47. The third kappa shape index (κ3) is 5.19. The van der Waals surface area contributed by atoms with Crippen LogP contribution >= 0.6 is 23.2 Å². The van der Waals surface area contributed by atoms with E-state index in [1.807, 2.05) is 0 Å². The van der Waals surface area contributed by atoms with Crippen LogP contribution in [0.5, 0.6) is 0 Å². The molecule has 3 aromatic rings. The molecule has 0 saturated carbocycles. The maximum atomic E-state index is 14.2. The van der Waals surface area contributed by atoms with E-state index in [-0.39, 0.29) is 25.1 Å². The summed E-state index contributed by atoms with van der Waals surface area (Å²) in [7, 11) is 0. The van der Waals surface area contributed by atoms with Crippen LogP contribution in [0.25, 0.3) is 11.3 Å². The highest BCUT2D eigenvalue weighted by Crippen LogP contribution is 2.28. The molecule has 1 aromatic heterocycles. The van der Waals surface area contributed by atoms with Gasteiger partial charge in [-0.3, -0.25) is 9.59 Å². The number of benzene rings is 2. The van der Waals surface area contributed by atoms with Crippen molar-refractivity contribution in [1.82, 2.24) is 15.2 Å². The zero-order valence-electron chi connectivity index (χ0n) is 17.2. The van der Waals surface area contributed by atoms with E-state index in [9.17, 15) is 19.1 Å². The fourth-order valence-corrected chi connectivity index (χ4v) is 4.24. The highest BCUT2D eigenvalue weighted by Gasteiger charge is 2.41. The number of likely N-dealkylation sites (tertiary alicyclic amines) is 1. The summed E-state index contributed by atoms with van der Waals surface area (Å²) in [6, 6.07) is 10.2. The zero-order valence-corrected chi connectivity index (χ0v) is 18.8. The van der Waals surface area contributed by atoms with Crippen molar-refractivity contribution in [1.29, 1.82) is 0 Å². The number of halogens is 3. The summed E-state index contributed by atoms with van der Waals surface area (Å²) in [6.07, 6.45) is -0.273. The number of hydrogen-bond acceptors (Lipinski definition) is 5. The van der Waals surface area contributed by atoms with E-state index in [1.54, 1.807) is 30.3 Å². The molecule has 172 valence electrons. The van der Waals surface area contributed by atoms with E-state index in [1.165, 1.54) is 24.7 Å². The van der Waals surface area contributed by atoms with Crippen LogP contribution in [0.4, 0.5) is 4.39 Å². The first-order valence-corrected chi connectivity index (χ1v) is 10.9. The minimum atomic E-state index is -1.56. The molecule has 1 aliphatic heterocycles. The Balaban J connectivity index is 1.49. The summed E-state index contributed by atoms with van der Waals surface area (Å²) in [4.78, 5) is 30.8. The van der Waals surface area contributed by atoms with E-state index in [0.29, 0.717) is 26.9 Å². The fraction of sp³-hybridized carbons (Fsp3) is 0.261. The van der Waals surface area contributed by atoms with Gasteiger partial charge in [0.1, 0.15) is 12.2 Å². The Hall–Kier alpha value is -2.94. The van der Waals surface area contributed by atoms with Crippen LogP contribution in [0.3, 0.4) is 0 Å². The van der Waals surface area contributed by atoms with Crippen LogP contribution in [-0.2, 0) is 16.1 Å². The van der Waals surface area contributed by atoms with Gasteiger partial charge in [-0.05, 0) is 41.5 Å². The molecule has 0 bridgehead atoms. The number of nitrogens with one attached hydrogen (secondary N) is 1. The summed E-state index contributed by atoms with van der Waals surface area (Å²) >= 11 is 12.0. The van der Waals surface area contributed by atoms with Gasteiger partial charge in [-0.15, -0.1) is 0 Å². The van der Waals surface area contributed by atoms with Crippen molar-refractivity contribution in [2.24, 2.45) is 0 Å². The molecular formula is C23H20Cl2FN3O4. The molecule has 1 aliphatic rings. The minimum Gasteiger partial charge on any atom is -0.444 e. The Morgan fingerprint density at radius 1 is 1.24 bits per heavy atom. The Bertz CT molecular complexity index is 1160. The Kier molecular flexibility index (Phi) is 6.97. The number of alkyl halides is 1. The van der Waals surface area contributed by atoms with Crippen LogP contribution in [0.2, 0.25) is 10.0 Å². The molecule has 2 N–H and O–H groups in total. The van der Waals surface area contributed by atoms with Crippen LogP contribution in [-0.4, -0.2) is 45.6 Å².